The summed E-state index contributed by atoms with van der Waals surface area (Å²) in [4.78, 5) is 12.6. The van der Waals surface area contributed by atoms with Crippen LogP contribution in [0, 0.1) is 25.2 Å². The fourth-order valence-corrected chi connectivity index (χ4v) is 3.82. The molecule has 1 fully saturated rings. The van der Waals surface area contributed by atoms with Crippen LogP contribution in [-0.2, 0) is 4.79 Å². The van der Waals surface area contributed by atoms with Crippen molar-refractivity contribution >= 4 is 33.4 Å². The van der Waals surface area contributed by atoms with E-state index < -0.39 is 5.41 Å². The number of aryl methyl sites for hydroxylation is 2. The van der Waals surface area contributed by atoms with Gasteiger partial charge in [0, 0.05) is 4.47 Å². The minimum Gasteiger partial charge on any atom is -0.409 e. The van der Waals surface area contributed by atoms with Gasteiger partial charge in [-0.1, -0.05) is 18.1 Å². The van der Waals surface area contributed by atoms with Crippen LogP contribution in [0.5, 0.6) is 0 Å². The molecule has 0 aliphatic heterocycles. The second-order valence-corrected chi connectivity index (χ2v) is 6.83. The van der Waals surface area contributed by atoms with E-state index in [1.165, 1.54) is 0 Å². The molecule has 0 aromatic heterocycles. The van der Waals surface area contributed by atoms with Crippen molar-refractivity contribution in [2.24, 2.45) is 22.2 Å². The van der Waals surface area contributed by atoms with E-state index >= 15 is 0 Å². The zero-order chi connectivity index (χ0) is 15.8. The fourth-order valence-electron chi connectivity index (χ4n) is 3.04. The Hall–Kier alpha value is -1.56. The maximum Gasteiger partial charge on any atom is 0.238 e. The number of hydrogen-bond donors (Lipinski definition) is 3. The number of nitrogens with zero attached hydrogens (tertiary/aromatic N) is 1. The van der Waals surface area contributed by atoms with E-state index in [9.17, 15) is 4.79 Å². The predicted molar refractivity (Wildman–Crippen MR) is 86.5 cm³/mol. The summed E-state index contributed by atoms with van der Waals surface area (Å²) in [5.74, 6) is 0.154. The number of hydrogen-bond acceptors (Lipinski definition) is 3. The number of amidine groups is 1. The summed E-state index contributed by atoms with van der Waals surface area (Å²) in [7, 11) is 0. The van der Waals surface area contributed by atoms with Crippen LogP contribution in [0.1, 0.15) is 30.9 Å². The second kappa shape index (κ2) is 5.67. The van der Waals surface area contributed by atoms with E-state index in [4.69, 9.17) is 10.9 Å². The van der Waals surface area contributed by atoms with Crippen LogP contribution >= 0.6 is 15.9 Å². The molecule has 1 amide bonds. The summed E-state index contributed by atoms with van der Waals surface area (Å²) in [5, 5.41) is 14.9. The molecule has 1 aliphatic rings. The van der Waals surface area contributed by atoms with Gasteiger partial charge in [0.15, 0.2) is 5.84 Å². The normalized spacial score (nSPS) is 25.3. The maximum atomic E-state index is 12.6. The van der Waals surface area contributed by atoms with E-state index in [0.29, 0.717) is 18.8 Å². The van der Waals surface area contributed by atoms with Crippen LogP contribution in [0.3, 0.4) is 0 Å². The Bertz CT molecular complexity index is 584. The van der Waals surface area contributed by atoms with Gasteiger partial charge in [-0.3, -0.25) is 4.79 Å². The van der Waals surface area contributed by atoms with Crippen LogP contribution in [0.2, 0.25) is 0 Å². The third kappa shape index (κ3) is 2.77. The molecule has 0 radical (unpaired) electrons. The monoisotopic (exact) mass is 353 g/mol. The first-order valence-corrected chi connectivity index (χ1v) is 7.65. The average molecular weight is 354 g/mol. The number of benzene rings is 1. The SMILES string of the molecule is Cc1cc(C)c(NC(=O)C2(C(N)=NO)CC(C)C2)c(Br)c1. The van der Waals surface area contributed by atoms with E-state index in [1.807, 2.05) is 32.9 Å². The molecule has 1 aromatic rings. The standard InChI is InChI=1S/C15H20BrN3O2/c1-8-4-10(3)12(11(16)5-8)18-14(20)15(13(17)19-21)6-9(2)7-15/h4-5,9,21H,6-7H2,1-3H3,(H2,17,19)(H,18,20). The molecule has 0 heterocycles. The molecule has 5 nitrogen and oxygen atoms in total. The van der Waals surface area contributed by atoms with Crippen LogP contribution in [-0.4, -0.2) is 17.0 Å². The van der Waals surface area contributed by atoms with Gasteiger partial charge in [0.25, 0.3) is 0 Å². The van der Waals surface area contributed by atoms with Gasteiger partial charge in [-0.05, 0) is 65.7 Å². The van der Waals surface area contributed by atoms with Crippen molar-refractivity contribution in [1.82, 2.24) is 0 Å². The number of nitrogens with two attached hydrogens (primary N) is 1. The largest absolute Gasteiger partial charge is 0.409 e. The van der Waals surface area contributed by atoms with Gasteiger partial charge in [-0.2, -0.15) is 0 Å². The number of carbonyl (C=O) groups is 1. The third-order valence-electron chi connectivity index (χ3n) is 4.10. The first-order valence-electron chi connectivity index (χ1n) is 6.86. The number of nitrogens with one attached hydrogen (secondary N) is 1. The summed E-state index contributed by atoms with van der Waals surface area (Å²) in [6.07, 6.45) is 1.19. The molecule has 1 aliphatic carbocycles. The zero-order valence-corrected chi connectivity index (χ0v) is 14.0. The molecule has 1 aromatic carbocycles. The van der Waals surface area contributed by atoms with Crippen molar-refractivity contribution in [2.75, 3.05) is 5.32 Å². The number of carbonyl (C=O) groups excluding carboxylic acids is 1. The Balaban J connectivity index is 2.29. The first-order chi connectivity index (χ1) is 9.80. The van der Waals surface area contributed by atoms with Crippen LogP contribution in [0.4, 0.5) is 5.69 Å². The number of anilines is 1. The zero-order valence-electron chi connectivity index (χ0n) is 12.4. The quantitative estimate of drug-likeness (QED) is 0.337. The number of halogens is 1. The highest BCUT2D eigenvalue weighted by molar-refractivity contribution is 9.10. The van der Waals surface area contributed by atoms with Crippen molar-refractivity contribution < 1.29 is 10.0 Å². The van der Waals surface area contributed by atoms with E-state index in [1.54, 1.807) is 0 Å². The molecule has 0 bridgehead atoms. The van der Waals surface area contributed by atoms with Gasteiger partial charge in [0.05, 0.1) is 5.69 Å². The average Bonchev–Trinajstić information content (AvgIpc) is 2.37. The van der Waals surface area contributed by atoms with Gasteiger partial charge >= 0.3 is 0 Å². The molecule has 2 rings (SSSR count). The van der Waals surface area contributed by atoms with Crippen LogP contribution in [0.25, 0.3) is 0 Å². The first kappa shape index (κ1) is 15.8. The fraction of sp³-hybridized carbons (Fsp3) is 0.467. The summed E-state index contributed by atoms with van der Waals surface area (Å²) in [6.45, 7) is 5.98. The summed E-state index contributed by atoms with van der Waals surface area (Å²) in [6, 6.07) is 3.95. The lowest BCUT2D eigenvalue weighted by molar-refractivity contribution is -0.127. The molecule has 0 atom stereocenters. The Morgan fingerprint density at radius 1 is 1.48 bits per heavy atom. The Labute approximate surface area is 132 Å². The predicted octanol–water partition coefficient (Wildman–Crippen LogP) is 3.17. The summed E-state index contributed by atoms with van der Waals surface area (Å²) in [5.41, 5.74) is 7.67. The van der Waals surface area contributed by atoms with Gasteiger partial charge in [-0.15, -0.1) is 0 Å². The van der Waals surface area contributed by atoms with Crippen LogP contribution in [0.15, 0.2) is 21.8 Å². The number of oxime groups is 1. The van der Waals surface area contributed by atoms with Crippen molar-refractivity contribution in [1.29, 1.82) is 0 Å². The van der Waals surface area contributed by atoms with Gasteiger partial charge in [0.1, 0.15) is 5.41 Å². The highest BCUT2D eigenvalue weighted by Crippen LogP contribution is 2.47. The van der Waals surface area contributed by atoms with Crippen molar-refractivity contribution in [2.45, 2.75) is 33.6 Å². The second-order valence-electron chi connectivity index (χ2n) is 5.97. The molecule has 0 saturated heterocycles. The van der Waals surface area contributed by atoms with Gasteiger partial charge in [0.2, 0.25) is 5.91 Å². The molecular weight excluding hydrogens is 334 g/mol. The topological polar surface area (TPSA) is 87.7 Å². The van der Waals surface area contributed by atoms with Crippen LogP contribution < -0.4 is 11.1 Å². The molecule has 0 spiro atoms. The Kier molecular flexibility index (Phi) is 4.27. The summed E-state index contributed by atoms with van der Waals surface area (Å²) >= 11 is 3.47. The smallest absolute Gasteiger partial charge is 0.238 e. The van der Waals surface area contributed by atoms with E-state index in [0.717, 1.165) is 21.3 Å². The molecule has 21 heavy (non-hydrogen) atoms. The van der Waals surface area contributed by atoms with E-state index in [-0.39, 0.29) is 11.7 Å². The minimum absolute atomic E-state index is 0.0148. The van der Waals surface area contributed by atoms with Crippen molar-refractivity contribution in [3.05, 3.63) is 27.7 Å². The van der Waals surface area contributed by atoms with Gasteiger partial charge < -0.3 is 16.3 Å². The van der Waals surface area contributed by atoms with Gasteiger partial charge in [-0.25, -0.2) is 0 Å². The molecule has 0 unspecified atom stereocenters. The lowest BCUT2D eigenvalue weighted by Crippen LogP contribution is -2.54. The molecular formula is C15H20BrN3O2. The number of rotatable bonds is 3. The molecule has 1 saturated carbocycles. The molecule has 4 N–H and O–H groups in total. The van der Waals surface area contributed by atoms with E-state index in [2.05, 4.69) is 26.4 Å². The molecule has 114 valence electrons. The van der Waals surface area contributed by atoms with Crippen molar-refractivity contribution in [3.63, 3.8) is 0 Å². The third-order valence-corrected chi connectivity index (χ3v) is 4.72. The Morgan fingerprint density at radius 3 is 2.57 bits per heavy atom. The lowest BCUT2D eigenvalue weighted by Gasteiger charge is -2.43. The number of amides is 1. The lowest BCUT2D eigenvalue weighted by atomic mass is 9.61. The molecule has 6 heteroatoms. The highest BCUT2D eigenvalue weighted by Gasteiger charge is 2.52. The van der Waals surface area contributed by atoms with Crippen molar-refractivity contribution in [3.8, 4) is 0 Å². The summed E-state index contributed by atoms with van der Waals surface area (Å²) < 4.78 is 0.829. The highest BCUT2D eigenvalue weighted by atomic mass is 79.9. The minimum atomic E-state index is -0.898. The Morgan fingerprint density at radius 2 is 2.10 bits per heavy atom. The maximum absolute atomic E-state index is 12.6.